The van der Waals surface area contributed by atoms with Crippen LogP contribution in [0.5, 0.6) is 0 Å². The van der Waals surface area contributed by atoms with Crippen molar-refractivity contribution in [2.45, 2.75) is 45.6 Å². The molecule has 2 rings (SSSR count). The Morgan fingerprint density at radius 1 is 1.33 bits per heavy atom. The van der Waals surface area contributed by atoms with Crippen LogP contribution in [0.4, 0.5) is 5.82 Å². The molecule has 1 atom stereocenters. The molecule has 0 aliphatic carbocycles. The van der Waals surface area contributed by atoms with Gasteiger partial charge in [-0.2, -0.15) is 10.4 Å². The monoisotopic (exact) mass is 308 g/mol. The average molecular weight is 308 g/mol. The molecule has 114 valence electrons. The molecule has 21 heavy (non-hydrogen) atoms. The van der Waals surface area contributed by atoms with Gasteiger partial charge in [-0.05, 0) is 31.7 Å². The van der Waals surface area contributed by atoms with Gasteiger partial charge in [-0.3, -0.25) is 0 Å². The maximum atomic E-state index is 11.7. The molecule has 1 aromatic heterocycles. The van der Waals surface area contributed by atoms with Crippen molar-refractivity contribution in [1.82, 2.24) is 10.2 Å². The lowest BCUT2D eigenvalue weighted by Gasteiger charge is -2.25. The molecule has 0 amide bonds. The number of nitriles is 1. The van der Waals surface area contributed by atoms with Crippen molar-refractivity contribution in [2.75, 3.05) is 16.8 Å². The standard InChI is InChI=1S/C14H20N4O2S/c1-4-10-11(8-15)13(18-17-12(10)5-2)16-14(3)6-7-21(19,20)9-14/h4-7,9H2,1-3H3,(H,16,18). The van der Waals surface area contributed by atoms with E-state index in [0.717, 1.165) is 17.7 Å². The molecule has 1 aromatic rings. The quantitative estimate of drug-likeness (QED) is 0.904. The minimum Gasteiger partial charge on any atom is -0.361 e. The fraction of sp³-hybridized carbons (Fsp3) is 0.643. The molecule has 0 bridgehead atoms. The molecular formula is C14H20N4O2S. The number of aromatic nitrogens is 2. The largest absolute Gasteiger partial charge is 0.361 e. The molecular weight excluding hydrogens is 288 g/mol. The third-order valence-corrected chi connectivity index (χ3v) is 5.78. The first-order valence-corrected chi connectivity index (χ1v) is 8.93. The Balaban J connectivity index is 2.40. The van der Waals surface area contributed by atoms with Crippen molar-refractivity contribution < 1.29 is 8.42 Å². The first-order chi connectivity index (χ1) is 9.84. The van der Waals surface area contributed by atoms with Crippen molar-refractivity contribution in [3.05, 3.63) is 16.8 Å². The first-order valence-electron chi connectivity index (χ1n) is 7.11. The smallest absolute Gasteiger partial charge is 0.167 e. The van der Waals surface area contributed by atoms with Crippen LogP contribution in [0, 0.1) is 11.3 Å². The Hall–Kier alpha value is -1.68. The Kier molecular flexibility index (Phi) is 4.19. The fourth-order valence-corrected chi connectivity index (χ4v) is 4.87. The van der Waals surface area contributed by atoms with Crippen LogP contribution in [0.1, 0.15) is 44.0 Å². The molecule has 1 aliphatic rings. The van der Waals surface area contributed by atoms with Gasteiger partial charge in [-0.1, -0.05) is 13.8 Å². The molecule has 1 N–H and O–H groups in total. The first kappa shape index (κ1) is 15.7. The molecule has 0 aromatic carbocycles. The van der Waals surface area contributed by atoms with E-state index in [0.29, 0.717) is 24.2 Å². The number of hydrogen-bond donors (Lipinski definition) is 1. The van der Waals surface area contributed by atoms with Gasteiger partial charge in [0.15, 0.2) is 15.7 Å². The van der Waals surface area contributed by atoms with E-state index in [4.69, 9.17) is 0 Å². The second-order valence-electron chi connectivity index (χ2n) is 5.70. The number of anilines is 1. The molecule has 7 heteroatoms. The van der Waals surface area contributed by atoms with Crippen molar-refractivity contribution in [2.24, 2.45) is 0 Å². The van der Waals surface area contributed by atoms with Gasteiger partial charge in [0, 0.05) is 0 Å². The molecule has 2 heterocycles. The summed E-state index contributed by atoms with van der Waals surface area (Å²) in [5, 5.41) is 20.9. The van der Waals surface area contributed by atoms with E-state index >= 15 is 0 Å². The molecule has 1 fully saturated rings. The predicted molar refractivity (Wildman–Crippen MR) is 80.8 cm³/mol. The van der Waals surface area contributed by atoms with Crippen molar-refractivity contribution in [3.8, 4) is 6.07 Å². The highest BCUT2D eigenvalue weighted by Crippen LogP contribution is 2.29. The zero-order valence-electron chi connectivity index (χ0n) is 12.6. The van der Waals surface area contributed by atoms with E-state index in [-0.39, 0.29) is 11.5 Å². The molecule has 1 aliphatic heterocycles. The highest BCUT2D eigenvalue weighted by atomic mass is 32.2. The molecule has 6 nitrogen and oxygen atoms in total. The van der Waals surface area contributed by atoms with E-state index in [9.17, 15) is 13.7 Å². The van der Waals surface area contributed by atoms with Gasteiger partial charge in [0.1, 0.15) is 11.6 Å². The van der Waals surface area contributed by atoms with Gasteiger partial charge >= 0.3 is 0 Å². The van der Waals surface area contributed by atoms with Gasteiger partial charge < -0.3 is 5.32 Å². The van der Waals surface area contributed by atoms with E-state index in [1.807, 2.05) is 20.8 Å². The highest BCUT2D eigenvalue weighted by Gasteiger charge is 2.39. The van der Waals surface area contributed by atoms with Crippen LogP contribution in [0.15, 0.2) is 0 Å². The molecule has 1 saturated heterocycles. The Morgan fingerprint density at radius 2 is 2.05 bits per heavy atom. The van der Waals surface area contributed by atoms with E-state index < -0.39 is 15.4 Å². The van der Waals surface area contributed by atoms with Crippen molar-refractivity contribution in [3.63, 3.8) is 0 Å². The van der Waals surface area contributed by atoms with E-state index in [1.165, 1.54) is 0 Å². The number of rotatable bonds is 4. The zero-order valence-corrected chi connectivity index (χ0v) is 13.4. The summed E-state index contributed by atoms with van der Waals surface area (Å²) in [6, 6.07) is 2.19. The summed E-state index contributed by atoms with van der Waals surface area (Å²) >= 11 is 0. The van der Waals surface area contributed by atoms with Crippen molar-refractivity contribution in [1.29, 1.82) is 5.26 Å². The lowest BCUT2D eigenvalue weighted by Crippen LogP contribution is -2.37. The third-order valence-electron chi connectivity index (χ3n) is 3.88. The lowest BCUT2D eigenvalue weighted by molar-refractivity contribution is 0.570. The van der Waals surface area contributed by atoms with Crippen molar-refractivity contribution >= 4 is 15.7 Å². The number of nitrogens with one attached hydrogen (secondary N) is 1. The predicted octanol–water partition coefficient (Wildman–Crippen LogP) is 1.46. The topological polar surface area (TPSA) is 95.7 Å². The van der Waals surface area contributed by atoms with E-state index in [2.05, 4.69) is 21.6 Å². The zero-order chi connectivity index (χ0) is 15.7. The maximum Gasteiger partial charge on any atom is 0.167 e. The van der Waals surface area contributed by atoms with Crippen LogP contribution in [0.25, 0.3) is 0 Å². The summed E-state index contributed by atoms with van der Waals surface area (Å²) in [5.74, 6) is 0.620. The van der Waals surface area contributed by atoms with Crippen LogP contribution in [-0.2, 0) is 22.7 Å². The Bertz CT molecular complexity index is 694. The van der Waals surface area contributed by atoms with Crippen LogP contribution in [0.2, 0.25) is 0 Å². The second-order valence-corrected chi connectivity index (χ2v) is 7.88. The van der Waals surface area contributed by atoms with Gasteiger partial charge in [-0.25, -0.2) is 8.42 Å². The van der Waals surface area contributed by atoms with E-state index in [1.54, 1.807) is 0 Å². The Morgan fingerprint density at radius 3 is 2.52 bits per heavy atom. The molecule has 1 unspecified atom stereocenters. The fourth-order valence-electron chi connectivity index (χ4n) is 2.78. The SMILES string of the molecule is CCc1nnc(NC2(C)CCS(=O)(=O)C2)c(C#N)c1CC. The van der Waals surface area contributed by atoms with Crippen LogP contribution >= 0.6 is 0 Å². The third kappa shape index (κ3) is 3.16. The summed E-state index contributed by atoms with van der Waals surface area (Å²) in [5.41, 5.74) is 1.61. The average Bonchev–Trinajstić information content (AvgIpc) is 2.71. The van der Waals surface area contributed by atoms with Gasteiger partial charge in [0.25, 0.3) is 0 Å². The molecule has 0 radical (unpaired) electrons. The molecule has 0 spiro atoms. The molecule has 0 saturated carbocycles. The van der Waals surface area contributed by atoms with Crippen LogP contribution < -0.4 is 5.32 Å². The normalized spacial score (nSPS) is 23.7. The summed E-state index contributed by atoms with van der Waals surface area (Å²) in [6.07, 6.45) is 1.93. The van der Waals surface area contributed by atoms with Gasteiger partial charge in [-0.15, -0.1) is 5.10 Å². The number of aryl methyl sites for hydroxylation is 1. The summed E-state index contributed by atoms with van der Waals surface area (Å²) < 4.78 is 23.3. The minimum atomic E-state index is -3.02. The Labute approximate surface area is 125 Å². The second kappa shape index (κ2) is 5.60. The highest BCUT2D eigenvalue weighted by molar-refractivity contribution is 7.91. The van der Waals surface area contributed by atoms with Gasteiger partial charge in [0.2, 0.25) is 0 Å². The number of nitrogens with zero attached hydrogens (tertiary/aromatic N) is 3. The van der Waals surface area contributed by atoms with Crippen LogP contribution in [0.3, 0.4) is 0 Å². The summed E-state index contributed by atoms with van der Waals surface area (Å²) in [4.78, 5) is 0. The minimum absolute atomic E-state index is 0.0591. The number of sulfone groups is 1. The summed E-state index contributed by atoms with van der Waals surface area (Å²) in [7, 11) is -3.02. The van der Waals surface area contributed by atoms with Gasteiger partial charge in [0.05, 0.1) is 22.7 Å². The maximum absolute atomic E-state index is 11.7. The van der Waals surface area contributed by atoms with Crippen LogP contribution in [-0.4, -0.2) is 35.7 Å². The number of hydrogen-bond acceptors (Lipinski definition) is 6. The lowest BCUT2D eigenvalue weighted by atomic mass is 10.00. The summed E-state index contributed by atoms with van der Waals surface area (Å²) in [6.45, 7) is 5.80.